The number of sulfonamides is 1. The van der Waals surface area contributed by atoms with Crippen LogP contribution in [0.4, 0.5) is 4.39 Å². The SMILES string of the molecule is CCCC1CC1NS(=O)(=O)c1cc(CN)cc(F)c1C. The van der Waals surface area contributed by atoms with Crippen molar-refractivity contribution in [3.8, 4) is 0 Å². The van der Waals surface area contributed by atoms with E-state index in [2.05, 4.69) is 11.6 Å². The van der Waals surface area contributed by atoms with E-state index in [1.54, 1.807) is 0 Å². The fourth-order valence-corrected chi connectivity index (χ4v) is 4.07. The van der Waals surface area contributed by atoms with E-state index in [1.807, 2.05) is 0 Å². The molecule has 1 aliphatic rings. The lowest BCUT2D eigenvalue weighted by Crippen LogP contribution is -2.28. The molecule has 0 saturated heterocycles. The second kappa shape index (κ2) is 5.79. The van der Waals surface area contributed by atoms with Crippen LogP contribution in [0.1, 0.15) is 37.3 Å². The zero-order chi connectivity index (χ0) is 14.9. The van der Waals surface area contributed by atoms with Gasteiger partial charge < -0.3 is 5.73 Å². The summed E-state index contributed by atoms with van der Waals surface area (Å²) >= 11 is 0. The Bertz CT molecular complexity index is 601. The van der Waals surface area contributed by atoms with Crippen LogP contribution in [0, 0.1) is 18.7 Å². The topological polar surface area (TPSA) is 72.2 Å². The molecular weight excluding hydrogens is 279 g/mol. The quantitative estimate of drug-likeness (QED) is 0.844. The van der Waals surface area contributed by atoms with Crippen molar-refractivity contribution in [1.82, 2.24) is 4.72 Å². The van der Waals surface area contributed by atoms with E-state index in [4.69, 9.17) is 5.73 Å². The molecule has 0 spiro atoms. The second-order valence-electron chi connectivity index (χ2n) is 5.42. The maximum atomic E-state index is 13.8. The highest BCUT2D eigenvalue weighted by Crippen LogP contribution is 2.36. The van der Waals surface area contributed by atoms with Crippen LogP contribution < -0.4 is 10.5 Å². The third-order valence-electron chi connectivity index (χ3n) is 3.77. The largest absolute Gasteiger partial charge is 0.326 e. The van der Waals surface area contributed by atoms with Crippen molar-refractivity contribution in [1.29, 1.82) is 0 Å². The van der Waals surface area contributed by atoms with Gasteiger partial charge in [-0.1, -0.05) is 13.3 Å². The van der Waals surface area contributed by atoms with Crippen molar-refractivity contribution >= 4 is 10.0 Å². The molecule has 4 nitrogen and oxygen atoms in total. The molecule has 112 valence electrons. The van der Waals surface area contributed by atoms with Crippen molar-refractivity contribution in [3.05, 3.63) is 29.1 Å². The van der Waals surface area contributed by atoms with Crippen LogP contribution in [0.15, 0.2) is 17.0 Å². The maximum Gasteiger partial charge on any atom is 0.241 e. The number of benzene rings is 1. The highest BCUT2D eigenvalue weighted by Gasteiger charge is 2.39. The van der Waals surface area contributed by atoms with Crippen molar-refractivity contribution in [2.45, 2.75) is 50.6 Å². The van der Waals surface area contributed by atoms with Gasteiger partial charge in [0, 0.05) is 18.2 Å². The molecule has 1 aromatic carbocycles. The van der Waals surface area contributed by atoms with Crippen LogP contribution in [-0.4, -0.2) is 14.5 Å². The summed E-state index contributed by atoms with van der Waals surface area (Å²) in [4.78, 5) is 0.0000912. The Kier molecular flexibility index (Phi) is 4.46. The lowest BCUT2D eigenvalue weighted by atomic mass is 10.1. The number of nitrogens with one attached hydrogen (secondary N) is 1. The number of hydrogen-bond acceptors (Lipinski definition) is 3. The third-order valence-corrected chi connectivity index (χ3v) is 5.39. The molecule has 1 aliphatic carbocycles. The number of rotatable bonds is 6. The molecule has 0 bridgehead atoms. The lowest BCUT2D eigenvalue weighted by molar-refractivity contribution is 0.566. The molecule has 6 heteroatoms. The first-order valence-corrected chi connectivity index (χ1v) is 8.38. The molecule has 2 atom stereocenters. The average Bonchev–Trinajstić information content (AvgIpc) is 3.09. The van der Waals surface area contributed by atoms with Gasteiger partial charge in [-0.3, -0.25) is 0 Å². The zero-order valence-electron chi connectivity index (χ0n) is 11.8. The summed E-state index contributed by atoms with van der Waals surface area (Å²) in [5, 5.41) is 0. The van der Waals surface area contributed by atoms with E-state index in [0.717, 1.165) is 19.3 Å². The first-order valence-electron chi connectivity index (χ1n) is 6.90. The second-order valence-corrected chi connectivity index (χ2v) is 7.10. The highest BCUT2D eigenvalue weighted by atomic mass is 32.2. The Morgan fingerprint density at radius 2 is 2.15 bits per heavy atom. The van der Waals surface area contributed by atoms with Crippen molar-refractivity contribution < 1.29 is 12.8 Å². The van der Waals surface area contributed by atoms with Crippen LogP contribution in [0.3, 0.4) is 0 Å². The standard InChI is InChI=1S/C14H21FN2O2S/c1-3-4-11-7-13(11)17-20(18,19)14-6-10(8-16)5-12(15)9(14)2/h5-6,11,13,17H,3-4,7-8,16H2,1-2H3. The molecule has 20 heavy (non-hydrogen) atoms. The zero-order valence-corrected chi connectivity index (χ0v) is 12.6. The smallest absolute Gasteiger partial charge is 0.241 e. The molecule has 0 aromatic heterocycles. The van der Waals surface area contributed by atoms with E-state index < -0.39 is 15.8 Å². The van der Waals surface area contributed by atoms with Gasteiger partial charge in [-0.15, -0.1) is 0 Å². The Morgan fingerprint density at radius 3 is 2.75 bits per heavy atom. The molecule has 2 unspecified atom stereocenters. The predicted octanol–water partition coefficient (Wildman–Crippen LogP) is 2.06. The summed E-state index contributed by atoms with van der Waals surface area (Å²) in [6.07, 6.45) is 2.92. The van der Waals surface area contributed by atoms with Gasteiger partial charge in [0.15, 0.2) is 0 Å². The molecule has 0 amide bonds. The molecule has 3 N–H and O–H groups in total. The fraction of sp³-hybridized carbons (Fsp3) is 0.571. The van der Waals surface area contributed by atoms with Gasteiger partial charge in [-0.05, 0) is 43.4 Å². The molecular formula is C14H21FN2O2S. The third kappa shape index (κ3) is 3.19. The van der Waals surface area contributed by atoms with Crippen molar-refractivity contribution in [3.63, 3.8) is 0 Å². The van der Waals surface area contributed by atoms with Gasteiger partial charge in [0.1, 0.15) is 5.82 Å². The maximum absolute atomic E-state index is 13.8. The Labute approximate surface area is 119 Å². The molecule has 1 fully saturated rings. The lowest BCUT2D eigenvalue weighted by Gasteiger charge is -2.11. The van der Waals surface area contributed by atoms with Crippen molar-refractivity contribution in [2.75, 3.05) is 0 Å². The molecule has 0 radical (unpaired) electrons. The monoisotopic (exact) mass is 300 g/mol. The van der Waals surface area contributed by atoms with E-state index in [9.17, 15) is 12.8 Å². The van der Waals surface area contributed by atoms with Crippen LogP contribution in [-0.2, 0) is 16.6 Å². The summed E-state index contributed by atoms with van der Waals surface area (Å²) < 4.78 is 41.1. The van der Waals surface area contributed by atoms with Gasteiger partial charge in [0.2, 0.25) is 10.0 Å². The summed E-state index contributed by atoms with van der Waals surface area (Å²) in [6.45, 7) is 3.66. The highest BCUT2D eigenvalue weighted by molar-refractivity contribution is 7.89. The van der Waals surface area contributed by atoms with Crippen LogP contribution in [0.25, 0.3) is 0 Å². The summed E-state index contributed by atoms with van der Waals surface area (Å²) in [6, 6.07) is 2.73. The molecule has 2 rings (SSSR count). The molecule has 0 heterocycles. The number of halogens is 1. The van der Waals surface area contributed by atoms with Crippen LogP contribution in [0.5, 0.6) is 0 Å². The van der Waals surface area contributed by atoms with Crippen LogP contribution >= 0.6 is 0 Å². The first kappa shape index (κ1) is 15.4. The van der Waals surface area contributed by atoms with Gasteiger partial charge >= 0.3 is 0 Å². The molecule has 1 aromatic rings. The first-order chi connectivity index (χ1) is 9.39. The van der Waals surface area contributed by atoms with Gasteiger partial charge in [0.25, 0.3) is 0 Å². The minimum Gasteiger partial charge on any atom is -0.326 e. The van der Waals surface area contributed by atoms with Gasteiger partial charge in [-0.2, -0.15) is 0 Å². The minimum absolute atomic E-state index is 0.0000912. The summed E-state index contributed by atoms with van der Waals surface area (Å²) in [5.41, 5.74) is 6.10. The average molecular weight is 300 g/mol. The Balaban J connectivity index is 2.24. The summed E-state index contributed by atoms with van der Waals surface area (Å²) in [7, 11) is -3.68. The van der Waals surface area contributed by atoms with Crippen molar-refractivity contribution in [2.24, 2.45) is 11.7 Å². The van der Waals surface area contributed by atoms with E-state index in [-0.39, 0.29) is 23.0 Å². The van der Waals surface area contributed by atoms with E-state index in [1.165, 1.54) is 19.1 Å². The molecule has 1 saturated carbocycles. The number of hydrogen-bond donors (Lipinski definition) is 2. The Hall–Kier alpha value is -0.980. The van der Waals surface area contributed by atoms with Crippen LogP contribution in [0.2, 0.25) is 0 Å². The Morgan fingerprint density at radius 1 is 1.45 bits per heavy atom. The van der Waals surface area contributed by atoms with Gasteiger partial charge in [-0.25, -0.2) is 17.5 Å². The summed E-state index contributed by atoms with van der Waals surface area (Å²) in [5.74, 6) is -0.119. The van der Waals surface area contributed by atoms with Gasteiger partial charge in [0.05, 0.1) is 4.90 Å². The van der Waals surface area contributed by atoms with E-state index in [0.29, 0.717) is 11.5 Å². The number of nitrogens with two attached hydrogens (primary N) is 1. The fourth-order valence-electron chi connectivity index (χ4n) is 2.45. The normalized spacial score (nSPS) is 22.0. The molecule has 0 aliphatic heterocycles. The minimum atomic E-state index is -3.68. The predicted molar refractivity (Wildman–Crippen MR) is 76.2 cm³/mol. The van der Waals surface area contributed by atoms with E-state index >= 15 is 0 Å².